The van der Waals surface area contributed by atoms with Gasteiger partial charge in [-0.25, -0.2) is 14.4 Å². The predicted molar refractivity (Wildman–Crippen MR) is 98.5 cm³/mol. The van der Waals surface area contributed by atoms with Crippen LogP contribution in [-0.2, 0) is 24.1 Å². The Kier molecular flexibility index (Phi) is 4.89. The van der Waals surface area contributed by atoms with Crippen molar-refractivity contribution in [2.75, 3.05) is 5.32 Å². The first-order chi connectivity index (χ1) is 14.7. The third kappa shape index (κ3) is 3.82. The molecule has 0 aliphatic carbocycles. The molecule has 0 radical (unpaired) electrons. The van der Waals surface area contributed by atoms with Gasteiger partial charge < -0.3 is 10.4 Å². The van der Waals surface area contributed by atoms with Gasteiger partial charge in [-0.1, -0.05) is 0 Å². The van der Waals surface area contributed by atoms with Crippen LogP contribution in [0.4, 0.5) is 23.4 Å². The van der Waals surface area contributed by atoms with E-state index in [0.717, 1.165) is 27.4 Å². The third-order valence-corrected chi connectivity index (χ3v) is 4.32. The highest BCUT2D eigenvalue weighted by Gasteiger charge is 2.33. The van der Waals surface area contributed by atoms with Crippen molar-refractivity contribution >= 4 is 28.4 Å². The van der Waals surface area contributed by atoms with Crippen LogP contribution >= 0.6 is 0 Å². The Balaban J connectivity index is 1.83. The zero-order valence-electron chi connectivity index (χ0n) is 15.4. The molecule has 0 fully saturated rings. The summed E-state index contributed by atoms with van der Waals surface area (Å²) in [4.78, 5) is 32.5. The Morgan fingerprint density at radius 3 is 2.61 bits per heavy atom. The van der Waals surface area contributed by atoms with E-state index in [1.807, 2.05) is 0 Å². The lowest BCUT2D eigenvalue weighted by atomic mass is 10.2. The van der Waals surface area contributed by atoms with Crippen LogP contribution in [0.2, 0.25) is 0 Å². The van der Waals surface area contributed by atoms with Crippen molar-refractivity contribution in [2.24, 2.45) is 0 Å². The lowest BCUT2D eigenvalue weighted by molar-refractivity contribution is -0.141. The lowest BCUT2D eigenvalue weighted by Crippen LogP contribution is -2.30. The molecule has 0 saturated carbocycles. The van der Waals surface area contributed by atoms with Crippen LogP contribution in [0.15, 0.2) is 41.3 Å². The number of alkyl halides is 3. The Bertz CT molecular complexity index is 1360. The average molecular weight is 436 g/mol. The van der Waals surface area contributed by atoms with Crippen molar-refractivity contribution in [3.8, 4) is 0 Å². The molecule has 2 N–H and O–H groups in total. The van der Waals surface area contributed by atoms with E-state index in [-0.39, 0.29) is 28.2 Å². The number of pyridine rings is 2. The molecule has 4 aromatic heterocycles. The number of fused-ring (bicyclic) bond motifs is 3. The number of anilines is 1. The number of aliphatic hydroxyl groups excluding tert-OH is 1. The van der Waals surface area contributed by atoms with Crippen molar-refractivity contribution in [3.63, 3.8) is 0 Å². The molecule has 0 aromatic carbocycles. The zero-order valence-corrected chi connectivity index (χ0v) is 15.4. The molecular formula is C18H12F4N6O3. The highest BCUT2D eigenvalue weighted by atomic mass is 19.4. The Morgan fingerprint density at radius 1 is 1.19 bits per heavy atom. The Morgan fingerprint density at radius 2 is 1.97 bits per heavy atom. The van der Waals surface area contributed by atoms with E-state index in [4.69, 9.17) is 0 Å². The van der Waals surface area contributed by atoms with Gasteiger partial charge in [0, 0.05) is 6.07 Å². The van der Waals surface area contributed by atoms with Gasteiger partial charge in [-0.2, -0.15) is 22.8 Å². The fraction of sp³-hybridized carbons (Fsp3) is 0.167. The highest BCUT2D eigenvalue weighted by molar-refractivity contribution is 5.90. The monoisotopic (exact) mass is 436 g/mol. The van der Waals surface area contributed by atoms with E-state index in [1.54, 1.807) is 0 Å². The molecule has 0 spiro atoms. The quantitative estimate of drug-likeness (QED) is 0.471. The molecule has 0 saturated heterocycles. The van der Waals surface area contributed by atoms with Crippen LogP contribution in [0, 0.1) is 5.82 Å². The molecule has 9 nitrogen and oxygen atoms in total. The number of hydrogen-bond donors (Lipinski definition) is 2. The van der Waals surface area contributed by atoms with Crippen molar-refractivity contribution in [1.82, 2.24) is 24.1 Å². The first-order valence-corrected chi connectivity index (χ1v) is 8.69. The average Bonchev–Trinajstić information content (AvgIpc) is 3.16. The number of carbonyl (C=O) groups is 1. The minimum Gasteiger partial charge on any atom is -0.390 e. The smallest absolute Gasteiger partial charge is 0.390 e. The first kappa shape index (κ1) is 20.4. The number of nitrogens with zero attached hydrogens (tertiary/aromatic N) is 5. The summed E-state index contributed by atoms with van der Waals surface area (Å²) in [5.74, 6) is -1.27. The van der Waals surface area contributed by atoms with E-state index in [0.29, 0.717) is 6.07 Å². The van der Waals surface area contributed by atoms with E-state index >= 15 is 0 Å². The number of hydrogen-bond acceptors (Lipinski definition) is 6. The van der Waals surface area contributed by atoms with Gasteiger partial charge in [-0.05, 0) is 24.3 Å². The number of rotatable bonds is 4. The summed E-state index contributed by atoms with van der Waals surface area (Å²) in [6, 6.07) is 5.16. The number of aromatic nitrogens is 5. The maximum absolute atomic E-state index is 13.1. The van der Waals surface area contributed by atoms with Gasteiger partial charge in [-0.3, -0.25) is 14.2 Å². The number of halogens is 4. The topological polar surface area (TPSA) is 114 Å². The largest absolute Gasteiger partial charge is 0.433 e. The van der Waals surface area contributed by atoms with E-state index in [2.05, 4.69) is 20.4 Å². The number of aliphatic hydroxyl groups is 1. The molecule has 13 heteroatoms. The summed E-state index contributed by atoms with van der Waals surface area (Å²) in [6.45, 7) is -1.10. The molecule has 0 unspecified atom stereocenters. The summed E-state index contributed by atoms with van der Waals surface area (Å²) < 4.78 is 54.1. The Hall–Kier alpha value is -3.87. The standard InChI is InChI=1S/C18H12F4N6O3/c19-9-1-4-13(23-6-9)25-14(30)7-27-15-5-10(8-29)26-28(15)16-11(17(27)31)2-3-12(24-16)18(20,21)22/h1-6,29H,7-8H2,(H,23,25,30). The molecule has 31 heavy (non-hydrogen) atoms. The van der Waals surface area contributed by atoms with Gasteiger partial charge in [0.15, 0.2) is 5.65 Å². The maximum Gasteiger partial charge on any atom is 0.433 e. The van der Waals surface area contributed by atoms with E-state index in [9.17, 15) is 32.3 Å². The van der Waals surface area contributed by atoms with E-state index in [1.165, 1.54) is 12.1 Å². The second-order valence-corrected chi connectivity index (χ2v) is 6.43. The fourth-order valence-corrected chi connectivity index (χ4v) is 2.96. The molecule has 0 aliphatic heterocycles. The maximum atomic E-state index is 13.1. The summed E-state index contributed by atoms with van der Waals surface area (Å²) in [6.07, 6.45) is -3.85. The van der Waals surface area contributed by atoms with Crippen molar-refractivity contribution in [2.45, 2.75) is 19.3 Å². The SMILES string of the molecule is O=C(Cn1c(=O)c2ccc(C(F)(F)F)nc2n2nc(CO)cc12)Nc1ccc(F)cn1. The predicted octanol–water partition coefficient (Wildman–Crippen LogP) is 1.73. The van der Waals surface area contributed by atoms with Gasteiger partial charge in [0.2, 0.25) is 5.91 Å². The van der Waals surface area contributed by atoms with Gasteiger partial charge in [-0.15, -0.1) is 0 Å². The van der Waals surface area contributed by atoms with Crippen LogP contribution < -0.4 is 10.9 Å². The first-order valence-electron chi connectivity index (χ1n) is 8.69. The summed E-state index contributed by atoms with van der Waals surface area (Å²) in [5, 5.41) is 15.5. The Labute approximate surface area is 169 Å². The molecule has 4 heterocycles. The van der Waals surface area contributed by atoms with Crippen molar-refractivity contribution in [3.05, 3.63) is 64.1 Å². The second-order valence-electron chi connectivity index (χ2n) is 6.43. The number of carbonyl (C=O) groups excluding carboxylic acids is 1. The normalized spacial score (nSPS) is 11.9. The second kappa shape index (κ2) is 7.43. The van der Waals surface area contributed by atoms with Gasteiger partial charge in [0.1, 0.15) is 29.5 Å². The molecule has 0 bridgehead atoms. The van der Waals surface area contributed by atoms with Crippen LogP contribution in [-0.4, -0.2) is 35.2 Å². The van der Waals surface area contributed by atoms with Crippen molar-refractivity contribution < 1.29 is 27.5 Å². The van der Waals surface area contributed by atoms with Crippen molar-refractivity contribution in [1.29, 1.82) is 0 Å². The van der Waals surface area contributed by atoms with Crippen LogP contribution in [0.5, 0.6) is 0 Å². The summed E-state index contributed by atoms with van der Waals surface area (Å²) >= 11 is 0. The third-order valence-electron chi connectivity index (χ3n) is 4.32. The number of amides is 1. The molecule has 4 aromatic rings. The lowest BCUT2D eigenvalue weighted by Gasteiger charge is -2.12. The fourth-order valence-electron chi connectivity index (χ4n) is 2.96. The van der Waals surface area contributed by atoms with Gasteiger partial charge in [0.05, 0.1) is 23.9 Å². The molecule has 0 aliphatic rings. The zero-order chi connectivity index (χ0) is 22.3. The molecule has 1 amide bonds. The van der Waals surface area contributed by atoms with Crippen LogP contribution in [0.3, 0.4) is 0 Å². The minimum absolute atomic E-state index is 0.0392. The number of nitrogens with one attached hydrogen (secondary N) is 1. The van der Waals surface area contributed by atoms with Crippen LogP contribution in [0.1, 0.15) is 11.4 Å². The highest BCUT2D eigenvalue weighted by Crippen LogP contribution is 2.28. The molecular weight excluding hydrogens is 424 g/mol. The minimum atomic E-state index is -4.75. The summed E-state index contributed by atoms with van der Waals surface area (Å²) in [5.41, 5.74) is -2.36. The summed E-state index contributed by atoms with van der Waals surface area (Å²) in [7, 11) is 0. The van der Waals surface area contributed by atoms with Crippen LogP contribution in [0.25, 0.3) is 16.7 Å². The molecule has 0 atom stereocenters. The molecule has 160 valence electrons. The van der Waals surface area contributed by atoms with Gasteiger partial charge >= 0.3 is 6.18 Å². The van der Waals surface area contributed by atoms with Gasteiger partial charge in [0.25, 0.3) is 5.56 Å². The van der Waals surface area contributed by atoms with E-state index < -0.39 is 42.3 Å². The molecule has 4 rings (SSSR count).